The predicted molar refractivity (Wildman–Crippen MR) is 125 cm³/mol. The maximum atomic E-state index is 6.40. The van der Waals surface area contributed by atoms with Crippen LogP contribution < -0.4 is 4.74 Å². The van der Waals surface area contributed by atoms with Crippen molar-refractivity contribution in [3.63, 3.8) is 0 Å². The van der Waals surface area contributed by atoms with Gasteiger partial charge in [0.05, 0.1) is 6.10 Å². The fraction of sp³-hybridized carbons (Fsp3) is 0.778. The second-order valence-electron chi connectivity index (χ2n) is 8.60. The van der Waals surface area contributed by atoms with Crippen molar-refractivity contribution in [3.05, 3.63) is 29.8 Å². The third-order valence-corrected chi connectivity index (χ3v) is 5.80. The molecule has 1 heteroatoms. The molecule has 0 radical (unpaired) electrons. The molecule has 1 nitrogen and oxygen atoms in total. The Hall–Kier alpha value is -0.980. The number of unbranched alkanes of at least 4 members (excludes halogenated alkanes) is 11. The summed E-state index contributed by atoms with van der Waals surface area (Å²) in [6.45, 7) is 6.84. The molecule has 28 heavy (non-hydrogen) atoms. The molecule has 0 spiro atoms. The van der Waals surface area contributed by atoms with E-state index in [0.717, 1.165) is 5.75 Å². The Morgan fingerprint density at radius 3 is 1.64 bits per heavy atom. The zero-order valence-electron chi connectivity index (χ0n) is 19.3. The molecule has 0 fully saturated rings. The standard InChI is InChI=1S/C27H48O/c1-4-7-10-11-12-13-14-17-20-26(19-16-9-6-3)28-27-23-21-25(22-24-27)18-15-8-5-2/h21-24,26H,4-20H2,1-3H3. The minimum Gasteiger partial charge on any atom is -0.490 e. The molecule has 0 aliphatic carbocycles. The average molecular weight is 389 g/mol. The predicted octanol–water partition coefficient (Wildman–Crippen LogP) is 9.28. The number of ether oxygens (including phenoxy) is 1. The highest BCUT2D eigenvalue weighted by Gasteiger charge is 2.10. The molecule has 1 aromatic rings. The molecule has 162 valence electrons. The molecule has 0 N–H and O–H groups in total. The fourth-order valence-electron chi connectivity index (χ4n) is 3.90. The first-order valence-corrected chi connectivity index (χ1v) is 12.6. The van der Waals surface area contributed by atoms with Gasteiger partial charge < -0.3 is 4.74 Å². The number of benzene rings is 1. The first-order valence-electron chi connectivity index (χ1n) is 12.6. The van der Waals surface area contributed by atoms with Gasteiger partial charge in [-0.15, -0.1) is 0 Å². The van der Waals surface area contributed by atoms with Crippen LogP contribution in [0.15, 0.2) is 24.3 Å². The lowest BCUT2D eigenvalue weighted by atomic mass is 10.0. The van der Waals surface area contributed by atoms with E-state index in [1.54, 1.807) is 0 Å². The van der Waals surface area contributed by atoms with Crippen LogP contribution in [0.3, 0.4) is 0 Å². The lowest BCUT2D eigenvalue weighted by Crippen LogP contribution is -2.16. The number of rotatable bonds is 19. The quantitative estimate of drug-likeness (QED) is 0.214. The molecule has 0 heterocycles. The molecular formula is C27H48O. The van der Waals surface area contributed by atoms with Crippen LogP contribution in [0.5, 0.6) is 5.75 Å². The molecule has 0 aliphatic heterocycles. The molecule has 0 saturated carbocycles. The minimum atomic E-state index is 0.401. The second kappa shape index (κ2) is 18.1. The van der Waals surface area contributed by atoms with Crippen molar-refractivity contribution in [1.82, 2.24) is 0 Å². The van der Waals surface area contributed by atoms with Gasteiger partial charge in [0.15, 0.2) is 0 Å². The lowest BCUT2D eigenvalue weighted by Gasteiger charge is -2.19. The first kappa shape index (κ1) is 25.1. The van der Waals surface area contributed by atoms with Crippen molar-refractivity contribution in [2.45, 2.75) is 136 Å². The van der Waals surface area contributed by atoms with E-state index >= 15 is 0 Å². The van der Waals surface area contributed by atoms with Crippen LogP contribution in [0, 0.1) is 0 Å². The summed E-state index contributed by atoms with van der Waals surface area (Å²) < 4.78 is 6.40. The SMILES string of the molecule is CCCCCCCCCCC(CCCCC)Oc1ccc(CCCCC)cc1. The van der Waals surface area contributed by atoms with Crippen LogP contribution in [0.1, 0.15) is 129 Å². The van der Waals surface area contributed by atoms with Crippen molar-refractivity contribution in [2.75, 3.05) is 0 Å². The Kier molecular flexibility index (Phi) is 16.2. The Balaban J connectivity index is 2.33. The molecule has 0 saturated heterocycles. The monoisotopic (exact) mass is 388 g/mol. The van der Waals surface area contributed by atoms with Gasteiger partial charge in [0.25, 0.3) is 0 Å². The Morgan fingerprint density at radius 2 is 1.04 bits per heavy atom. The van der Waals surface area contributed by atoms with E-state index in [1.165, 1.54) is 115 Å². The van der Waals surface area contributed by atoms with E-state index in [2.05, 4.69) is 45.0 Å². The summed E-state index contributed by atoms with van der Waals surface area (Å²) in [6.07, 6.45) is 23.0. The van der Waals surface area contributed by atoms with E-state index in [4.69, 9.17) is 4.74 Å². The molecule has 1 atom stereocenters. The van der Waals surface area contributed by atoms with E-state index < -0.39 is 0 Å². The van der Waals surface area contributed by atoms with Crippen LogP contribution in [-0.2, 0) is 6.42 Å². The van der Waals surface area contributed by atoms with Crippen molar-refractivity contribution in [3.8, 4) is 5.75 Å². The van der Waals surface area contributed by atoms with Crippen LogP contribution in [0.2, 0.25) is 0 Å². The lowest BCUT2D eigenvalue weighted by molar-refractivity contribution is 0.173. The summed E-state index contributed by atoms with van der Waals surface area (Å²) in [5, 5.41) is 0. The first-order chi connectivity index (χ1) is 13.8. The van der Waals surface area contributed by atoms with E-state index in [1.807, 2.05) is 0 Å². The molecular weight excluding hydrogens is 340 g/mol. The van der Waals surface area contributed by atoms with Crippen LogP contribution in [-0.4, -0.2) is 6.10 Å². The molecule has 1 aromatic carbocycles. The van der Waals surface area contributed by atoms with Gasteiger partial charge in [0, 0.05) is 0 Å². The topological polar surface area (TPSA) is 9.23 Å². The van der Waals surface area contributed by atoms with E-state index in [-0.39, 0.29) is 0 Å². The maximum Gasteiger partial charge on any atom is 0.119 e. The summed E-state index contributed by atoms with van der Waals surface area (Å²) in [4.78, 5) is 0. The Morgan fingerprint density at radius 1 is 0.571 bits per heavy atom. The molecule has 1 rings (SSSR count). The molecule has 1 unspecified atom stereocenters. The number of hydrogen-bond acceptors (Lipinski definition) is 1. The highest BCUT2D eigenvalue weighted by Crippen LogP contribution is 2.21. The Bertz CT molecular complexity index is 436. The van der Waals surface area contributed by atoms with Gasteiger partial charge in [-0.2, -0.15) is 0 Å². The second-order valence-corrected chi connectivity index (χ2v) is 8.60. The normalized spacial score (nSPS) is 12.2. The zero-order valence-corrected chi connectivity index (χ0v) is 19.3. The van der Waals surface area contributed by atoms with Crippen molar-refractivity contribution in [1.29, 1.82) is 0 Å². The van der Waals surface area contributed by atoms with E-state index in [9.17, 15) is 0 Å². The third kappa shape index (κ3) is 13.2. The van der Waals surface area contributed by atoms with Gasteiger partial charge in [-0.1, -0.05) is 104 Å². The summed E-state index contributed by atoms with van der Waals surface area (Å²) >= 11 is 0. The highest BCUT2D eigenvalue weighted by atomic mass is 16.5. The van der Waals surface area contributed by atoms with Gasteiger partial charge in [0.2, 0.25) is 0 Å². The zero-order chi connectivity index (χ0) is 20.3. The van der Waals surface area contributed by atoms with Gasteiger partial charge in [0.1, 0.15) is 5.75 Å². The summed E-state index contributed by atoms with van der Waals surface area (Å²) in [6, 6.07) is 8.93. The van der Waals surface area contributed by atoms with Crippen molar-refractivity contribution < 1.29 is 4.74 Å². The summed E-state index contributed by atoms with van der Waals surface area (Å²) in [5.41, 5.74) is 1.45. The van der Waals surface area contributed by atoms with Crippen molar-refractivity contribution in [2.24, 2.45) is 0 Å². The number of hydrogen-bond donors (Lipinski definition) is 0. The highest BCUT2D eigenvalue weighted by molar-refractivity contribution is 5.27. The summed E-state index contributed by atoms with van der Waals surface area (Å²) in [5.74, 6) is 1.07. The van der Waals surface area contributed by atoms with Gasteiger partial charge in [-0.25, -0.2) is 0 Å². The van der Waals surface area contributed by atoms with Crippen LogP contribution in [0.25, 0.3) is 0 Å². The largest absolute Gasteiger partial charge is 0.490 e. The Labute approximate surface area is 176 Å². The smallest absolute Gasteiger partial charge is 0.119 e. The fourth-order valence-corrected chi connectivity index (χ4v) is 3.90. The van der Waals surface area contributed by atoms with Gasteiger partial charge in [-0.3, -0.25) is 0 Å². The number of aryl methyl sites for hydroxylation is 1. The molecule has 0 amide bonds. The molecule has 0 aromatic heterocycles. The van der Waals surface area contributed by atoms with Gasteiger partial charge in [-0.05, 0) is 56.2 Å². The minimum absolute atomic E-state index is 0.401. The summed E-state index contributed by atoms with van der Waals surface area (Å²) in [7, 11) is 0. The third-order valence-electron chi connectivity index (χ3n) is 5.80. The van der Waals surface area contributed by atoms with Crippen LogP contribution in [0.4, 0.5) is 0 Å². The molecule has 0 aliphatic rings. The van der Waals surface area contributed by atoms with Crippen molar-refractivity contribution >= 4 is 0 Å². The maximum absolute atomic E-state index is 6.40. The van der Waals surface area contributed by atoms with Crippen LogP contribution >= 0.6 is 0 Å². The molecule has 0 bridgehead atoms. The van der Waals surface area contributed by atoms with E-state index in [0.29, 0.717) is 6.10 Å². The van der Waals surface area contributed by atoms with Gasteiger partial charge >= 0.3 is 0 Å². The average Bonchev–Trinajstić information content (AvgIpc) is 2.71.